The fraction of sp³-hybridized carbons (Fsp3) is 0.320. The highest BCUT2D eigenvalue weighted by atomic mass is 19.1. The molecule has 1 fully saturated rings. The quantitative estimate of drug-likeness (QED) is 0.579. The monoisotopic (exact) mass is 407 g/mol. The van der Waals surface area contributed by atoms with E-state index in [0.717, 1.165) is 59.2 Å². The zero-order chi connectivity index (χ0) is 21.3. The largest absolute Gasteiger partial charge is 0.497 e. The molecule has 2 aromatic carbocycles. The van der Waals surface area contributed by atoms with Gasteiger partial charge in [-0.05, 0) is 61.1 Å². The first-order chi connectivity index (χ1) is 14.5. The molecule has 1 saturated carbocycles. The average Bonchev–Trinajstić information content (AvgIpc) is 3.28. The van der Waals surface area contributed by atoms with Gasteiger partial charge in [0.2, 0.25) is 0 Å². The van der Waals surface area contributed by atoms with E-state index in [2.05, 4.69) is 4.98 Å². The molecule has 1 aliphatic carbocycles. The normalized spacial score (nSPS) is 14.1. The summed E-state index contributed by atoms with van der Waals surface area (Å²) >= 11 is 0. The van der Waals surface area contributed by atoms with Crippen LogP contribution in [-0.2, 0) is 0 Å². The molecule has 4 nitrogen and oxygen atoms in total. The Morgan fingerprint density at radius 3 is 2.07 bits per heavy atom. The van der Waals surface area contributed by atoms with Crippen LogP contribution in [0.15, 0.2) is 47.3 Å². The summed E-state index contributed by atoms with van der Waals surface area (Å²) in [5.41, 5.74) is 5.02. The van der Waals surface area contributed by atoms with Gasteiger partial charge in [-0.2, -0.15) is 0 Å². The van der Waals surface area contributed by atoms with Crippen molar-refractivity contribution in [3.63, 3.8) is 0 Å². The van der Waals surface area contributed by atoms with Gasteiger partial charge in [-0.15, -0.1) is 0 Å². The maximum atomic E-state index is 13.6. The lowest BCUT2D eigenvalue weighted by molar-refractivity contribution is 0.394. The molecule has 1 aromatic heterocycles. The van der Waals surface area contributed by atoms with Gasteiger partial charge in [0.15, 0.2) is 0 Å². The molecule has 0 spiro atoms. The second-order valence-corrected chi connectivity index (χ2v) is 7.83. The number of halogens is 1. The summed E-state index contributed by atoms with van der Waals surface area (Å²) < 4.78 is 24.6. The van der Waals surface area contributed by atoms with Gasteiger partial charge in [0.05, 0.1) is 14.2 Å². The third-order valence-corrected chi connectivity index (χ3v) is 5.98. The molecule has 0 bridgehead atoms. The molecule has 4 rings (SSSR count). The Morgan fingerprint density at radius 1 is 0.900 bits per heavy atom. The van der Waals surface area contributed by atoms with E-state index in [1.807, 2.05) is 25.1 Å². The number of benzene rings is 2. The van der Waals surface area contributed by atoms with E-state index in [-0.39, 0.29) is 17.3 Å². The second-order valence-electron chi connectivity index (χ2n) is 7.83. The average molecular weight is 407 g/mol. The van der Waals surface area contributed by atoms with Crippen LogP contribution < -0.4 is 15.0 Å². The first kappa shape index (κ1) is 20.2. The lowest BCUT2D eigenvalue weighted by Crippen LogP contribution is -2.19. The highest BCUT2D eigenvalue weighted by molar-refractivity contribution is 5.88. The summed E-state index contributed by atoms with van der Waals surface area (Å²) in [5, 5.41) is 0. The number of rotatable bonds is 5. The molecule has 5 heteroatoms. The molecule has 1 heterocycles. The van der Waals surface area contributed by atoms with Crippen LogP contribution in [0.1, 0.15) is 42.9 Å². The Hall–Kier alpha value is -3.08. The van der Waals surface area contributed by atoms with Gasteiger partial charge in [-0.1, -0.05) is 25.0 Å². The summed E-state index contributed by atoms with van der Waals surface area (Å²) in [6.45, 7) is 1.89. The standard InChI is InChI=1S/C25H26FNO3/c1-15-22(17-8-10-19(26)11-9-17)23(18-12-20(29-2)14-21(13-18)30-3)24(25(28)27-15)16-6-4-5-7-16/h8-14,16H,4-7H2,1-3H3,(H,27,28). The summed E-state index contributed by atoms with van der Waals surface area (Å²) in [6, 6.07) is 12.1. The number of pyridine rings is 1. The molecular formula is C25H26FNO3. The molecule has 0 unspecified atom stereocenters. The minimum atomic E-state index is -0.290. The van der Waals surface area contributed by atoms with E-state index in [0.29, 0.717) is 11.5 Å². The summed E-state index contributed by atoms with van der Waals surface area (Å²) in [4.78, 5) is 16.2. The lowest BCUT2D eigenvalue weighted by Gasteiger charge is -2.21. The second kappa shape index (κ2) is 8.34. The smallest absolute Gasteiger partial charge is 0.252 e. The number of aromatic nitrogens is 1. The fourth-order valence-electron chi connectivity index (χ4n) is 4.57. The fourth-order valence-corrected chi connectivity index (χ4v) is 4.57. The van der Waals surface area contributed by atoms with Crippen LogP contribution >= 0.6 is 0 Å². The molecule has 0 amide bonds. The van der Waals surface area contributed by atoms with Crippen LogP contribution in [0.5, 0.6) is 11.5 Å². The number of hydrogen-bond acceptors (Lipinski definition) is 3. The number of methoxy groups -OCH3 is 2. The lowest BCUT2D eigenvalue weighted by atomic mass is 9.84. The number of aryl methyl sites for hydroxylation is 1. The van der Waals surface area contributed by atoms with Crippen molar-refractivity contribution < 1.29 is 13.9 Å². The molecule has 1 N–H and O–H groups in total. The van der Waals surface area contributed by atoms with E-state index in [9.17, 15) is 9.18 Å². The minimum absolute atomic E-state index is 0.0537. The highest BCUT2D eigenvalue weighted by Crippen LogP contribution is 2.44. The molecule has 0 aliphatic heterocycles. The van der Waals surface area contributed by atoms with E-state index in [4.69, 9.17) is 9.47 Å². The van der Waals surface area contributed by atoms with Gasteiger partial charge in [0.1, 0.15) is 17.3 Å². The molecule has 3 aromatic rings. The SMILES string of the molecule is COc1cc(OC)cc(-c2c(-c3ccc(F)cc3)c(C)[nH]c(=O)c2C2CCCC2)c1. The van der Waals surface area contributed by atoms with Crippen molar-refractivity contribution in [2.24, 2.45) is 0 Å². The number of aromatic amines is 1. The Kier molecular flexibility index (Phi) is 5.62. The van der Waals surface area contributed by atoms with Gasteiger partial charge in [-0.3, -0.25) is 4.79 Å². The maximum absolute atomic E-state index is 13.6. The van der Waals surface area contributed by atoms with Crippen molar-refractivity contribution in [3.05, 3.63) is 69.9 Å². The third kappa shape index (κ3) is 3.72. The minimum Gasteiger partial charge on any atom is -0.497 e. The number of nitrogens with one attached hydrogen (secondary N) is 1. The van der Waals surface area contributed by atoms with Crippen molar-refractivity contribution in [1.29, 1.82) is 0 Å². The summed E-state index contributed by atoms with van der Waals surface area (Å²) in [5.74, 6) is 1.22. The summed E-state index contributed by atoms with van der Waals surface area (Å²) in [6.07, 6.45) is 4.21. The molecule has 30 heavy (non-hydrogen) atoms. The van der Waals surface area contributed by atoms with Gasteiger partial charge >= 0.3 is 0 Å². The first-order valence-electron chi connectivity index (χ1n) is 10.3. The van der Waals surface area contributed by atoms with Crippen LogP contribution in [0.25, 0.3) is 22.3 Å². The van der Waals surface area contributed by atoms with Crippen LogP contribution in [0.2, 0.25) is 0 Å². The predicted molar refractivity (Wildman–Crippen MR) is 117 cm³/mol. The first-order valence-corrected chi connectivity index (χ1v) is 10.3. The molecular weight excluding hydrogens is 381 g/mol. The Balaban J connectivity index is 2.08. The van der Waals surface area contributed by atoms with Crippen molar-refractivity contribution in [2.45, 2.75) is 38.5 Å². The van der Waals surface area contributed by atoms with E-state index < -0.39 is 0 Å². The molecule has 1 aliphatic rings. The van der Waals surface area contributed by atoms with E-state index in [1.54, 1.807) is 26.4 Å². The van der Waals surface area contributed by atoms with Crippen LogP contribution in [-0.4, -0.2) is 19.2 Å². The van der Waals surface area contributed by atoms with Gasteiger partial charge in [-0.25, -0.2) is 4.39 Å². The zero-order valence-corrected chi connectivity index (χ0v) is 17.5. The van der Waals surface area contributed by atoms with E-state index >= 15 is 0 Å². The molecule has 0 saturated heterocycles. The molecule has 156 valence electrons. The van der Waals surface area contributed by atoms with Crippen molar-refractivity contribution in [1.82, 2.24) is 4.98 Å². The Bertz CT molecular complexity index is 1090. The number of H-pyrrole nitrogens is 1. The Labute approximate surface area is 175 Å². The number of ether oxygens (including phenoxy) is 2. The maximum Gasteiger partial charge on any atom is 0.252 e. The van der Waals surface area contributed by atoms with Gasteiger partial charge < -0.3 is 14.5 Å². The van der Waals surface area contributed by atoms with Crippen LogP contribution in [0.4, 0.5) is 4.39 Å². The van der Waals surface area contributed by atoms with Crippen LogP contribution in [0.3, 0.4) is 0 Å². The van der Waals surface area contributed by atoms with Crippen molar-refractivity contribution >= 4 is 0 Å². The molecule has 0 atom stereocenters. The third-order valence-electron chi connectivity index (χ3n) is 5.98. The summed E-state index contributed by atoms with van der Waals surface area (Å²) in [7, 11) is 3.22. The zero-order valence-electron chi connectivity index (χ0n) is 17.5. The predicted octanol–water partition coefficient (Wildman–Crippen LogP) is 5.83. The van der Waals surface area contributed by atoms with E-state index in [1.165, 1.54) is 12.1 Å². The van der Waals surface area contributed by atoms with Gasteiger partial charge in [0, 0.05) is 28.5 Å². The number of hydrogen-bond donors (Lipinski definition) is 1. The Morgan fingerprint density at radius 2 is 1.50 bits per heavy atom. The van der Waals surface area contributed by atoms with Gasteiger partial charge in [0.25, 0.3) is 5.56 Å². The van der Waals surface area contributed by atoms with Crippen LogP contribution in [0, 0.1) is 12.7 Å². The van der Waals surface area contributed by atoms with Crippen molar-refractivity contribution in [3.8, 4) is 33.8 Å². The highest BCUT2D eigenvalue weighted by Gasteiger charge is 2.27. The molecule has 0 radical (unpaired) electrons. The van der Waals surface area contributed by atoms with Crippen molar-refractivity contribution in [2.75, 3.05) is 14.2 Å². The topological polar surface area (TPSA) is 51.3 Å².